The largest absolute Gasteiger partial charge is 0.336 e. The van der Waals surface area contributed by atoms with Crippen LogP contribution in [0.4, 0.5) is 23.7 Å². The van der Waals surface area contributed by atoms with Crippen LogP contribution in [-0.4, -0.2) is 53.0 Å². The molecule has 2 heterocycles. The zero-order chi connectivity index (χ0) is 24.7. The number of hydrogen-bond donors (Lipinski definition) is 2. The molecule has 3 atom stereocenters. The SMILES string of the molecule is Cc1cc(C)c(NC(=O)N2C[C@@H]3CC2CN3C(=O)C[C@H](N)Cc2cc(F)c(F)cc2F)c(C)c1. The van der Waals surface area contributed by atoms with Crippen LogP contribution in [0.3, 0.4) is 0 Å². The minimum absolute atomic E-state index is 0.0460. The molecule has 2 aliphatic heterocycles. The number of anilines is 1. The first kappa shape index (κ1) is 24.1. The van der Waals surface area contributed by atoms with Gasteiger partial charge in [0.1, 0.15) is 5.82 Å². The number of nitrogens with two attached hydrogens (primary N) is 1. The lowest BCUT2D eigenvalue weighted by molar-refractivity contribution is -0.133. The van der Waals surface area contributed by atoms with Crippen molar-refractivity contribution in [3.05, 3.63) is 64.0 Å². The number of likely N-dealkylation sites (tertiary alicyclic amines) is 2. The second kappa shape index (κ2) is 9.29. The molecule has 3 amide bonds. The first-order valence-corrected chi connectivity index (χ1v) is 11.4. The molecule has 34 heavy (non-hydrogen) atoms. The number of fused-ring (bicyclic) bond motifs is 2. The number of aryl methyl sites for hydroxylation is 3. The van der Waals surface area contributed by atoms with Gasteiger partial charge in [-0.15, -0.1) is 0 Å². The summed E-state index contributed by atoms with van der Waals surface area (Å²) in [5, 5.41) is 3.02. The van der Waals surface area contributed by atoms with Crippen molar-refractivity contribution in [3.8, 4) is 0 Å². The van der Waals surface area contributed by atoms with E-state index in [9.17, 15) is 22.8 Å². The van der Waals surface area contributed by atoms with Gasteiger partial charge >= 0.3 is 6.03 Å². The summed E-state index contributed by atoms with van der Waals surface area (Å²) in [6.07, 6.45) is 0.564. The molecule has 3 N–H and O–H groups in total. The zero-order valence-electron chi connectivity index (χ0n) is 19.5. The molecule has 9 heteroatoms. The second-order valence-electron chi connectivity index (χ2n) is 9.47. The summed E-state index contributed by atoms with van der Waals surface area (Å²) >= 11 is 0. The Morgan fingerprint density at radius 2 is 1.56 bits per heavy atom. The third-order valence-electron chi connectivity index (χ3n) is 6.74. The van der Waals surface area contributed by atoms with Crippen molar-refractivity contribution in [2.75, 3.05) is 18.4 Å². The lowest BCUT2D eigenvalue weighted by Gasteiger charge is -2.35. The summed E-state index contributed by atoms with van der Waals surface area (Å²) in [5.41, 5.74) is 9.90. The highest BCUT2D eigenvalue weighted by Gasteiger charge is 2.47. The molecule has 182 valence electrons. The van der Waals surface area contributed by atoms with Gasteiger partial charge in [-0.25, -0.2) is 18.0 Å². The predicted molar refractivity (Wildman–Crippen MR) is 123 cm³/mol. The van der Waals surface area contributed by atoms with Crippen LogP contribution in [0.15, 0.2) is 24.3 Å². The van der Waals surface area contributed by atoms with E-state index < -0.39 is 23.5 Å². The number of nitrogens with one attached hydrogen (secondary N) is 1. The molecule has 0 radical (unpaired) electrons. The third kappa shape index (κ3) is 4.75. The van der Waals surface area contributed by atoms with Crippen LogP contribution in [0.25, 0.3) is 0 Å². The van der Waals surface area contributed by atoms with Crippen molar-refractivity contribution in [2.24, 2.45) is 5.73 Å². The predicted octanol–water partition coefficient (Wildman–Crippen LogP) is 3.81. The Bertz CT molecular complexity index is 1120. The van der Waals surface area contributed by atoms with Crippen LogP contribution in [0, 0.1) is 38.2 Å². The summed E-state index contributed by atoms with van der Waals surface area (Å²) in [7, 11) is 0. The molecule has 2 bridgehead atoms. The van der Waals surface area contributed by atoms with Crippen LogP contribution in [0.2, 0.25) is 0 Å². The maximum Gasteiger partial charge on any atom is 0.322 e. The molecule has 2 fully saturated rings. The zero-order valence-corrected chi connectivity index (χ0v) is 19.5. The summed E-state index contributed by atoms with van der Waals surface area (Å²) < 4.78 is 40.4. The average Bonchev–Trinajstić information content (AvgIpc) is 3.35. The van der Waals surface area contributed by atoms with Crippen LogP contribution in [-0.2, 0) is 11.2 Å². The van der Waals surface area contributed by atoms with Gasteiger partial charge in [0.15, 0.2) is 11.6 Å². The molecular weight excluding hydrogens is 445 g/mol. The highest BCUT2D eigenvalue weighted by atomic mass is 19.2. The fourth-order valence-corrected chi connectivity index (χ4v) is 5.19. The number of urea groups is 1. The number of nitrogens with zero attached hydrogens (tertiary/aromatic N) is 2. The van der Waals surface area contributed by atoms with Gasteiger partial charge in [-0.3, -0.25) is 4.79 Å². The van der Waals surface area contributed by atoms with Gasteiger partial charge in [0.2, 0.25) is 5.91 Å². The Labute approximate surface area is 196 Å². The molecule has 2 aromatic rings. The van der Waals surface area contributed by atoms with Crippen LogP contribution < -0.4 is 11.1 Å². The smallest absolute Gasteiger partial charge is 0.322 e. The van der Waals surface area contributed by atoms with Gasteiger partial charge in [0.05, 0.1) is 12.1 Å². The van der Waals surface area contributed by atoms with E-state index >= 15 is 0 Å². The Balaban J connectivity index is 1.33. The molecule has 4 rings (SSSR count). The molecule has 1 unspecified atom stereocenters. The molecule has 2 aromatic carbocycles. The minimum atomic E-state index is -1.26. The number of carbonyl (C=O) groups excluding carboxylic acids is 2. The van der Waals surface area contributed by atoms with E-state index in [4.69, 9.17) is 5.73 Å². The number of amides is 3. The van der Waals surface area contributed by atoms with E-state index in [1.807, 2.05) is 32.9 Å². The number of hydrogen-bond acceptors (Lipinski definition) is 3. The fourth-order valence-electron chi connectivity index (χ4n) is 5.19. The van der Waals surface area contributed by atoms with Gasteiger partial charge in [-0.1, -0.05) is 17.7 Å². The highest BCUT2D eigenvalue weighted by Crippen LogP contribution is 2.32. The Morgan fingerprint density at radius 3 is 2.18 bits per heavy atom. The summed E-state index contributed by atoms with van der Waals surface area (Å²) in [4.78, 5) is 29.3. The standard InChI is InChI=1S/C25H29F3N4O2/c1-13-4-14(2)24(15(3)5-13)30-25(34)32-12-18-9-19(32)11-31(18)23(33)8-17(29)6-16-7-21(27)22(28)10-20(16)26/h4-5,7,10,17-19H,6,8-9,11-12,29H2,1-3H3,(H,30,34)/t17-,18+,19?/m1/s1. The number of rotatable bonds is 5. The molecule has 2 saturated heterocycles. The topological polar surface area (TPSA) is 78.7 Å². The Morgan fingerprint density at radius 1 is 0.971 bits per heavy atom. The normalized spacial score (nSPS) is 20.1. The van der Waals surface area contributed by atoms with Crippen molar-refractivity contribution in [1.29, 1.82) is 0 Å². The Hall–Kier alpha value is -3.07. The van der Waals surface area contributed by atoms with Crippen molar-refractivity contribution in [3.63, 3.8) is 0 Å². The summed E-state index contributed by atoms with van der Waals surface area (Å²) in [6, 6.07) is 4.20. The number of benzene rings is 2. The van der Waals surface area contributed by atoms with E-state index in [2.05, 4.69) is 5.32 Å². The summed E-state index contributed by atoms with van der Waals surface area (Å²) in [6.45, 7) is 6.77. The van der Waals surface area contributed by atoms with Gasteiger partial charge in [0, 0.05) is 37.3 Å². The molecule has 0 saturated carbocycles. The molecule has 6 nitrogen and oxygen atoms in total. The van der Waals surface area contributed by atoms with Crippen LogP contribution in [0.5, 0.6) is 0 Å². The highest BCUT2D eigenvalue weighted by molar-refractivity contribution is 5.92. The molecule has 0 aromatic heterocycles. The number of halogens is 3. The lowest BCUT2D eigenvalue weighted by Crippen LogP contribution is -2.52. The monoisotopic (exact) mass is 474 g/mol. The van der Waals surface area contributed by atoms with Crippen LogP contribution >= 0.6 is 0 Å². The second-order valence-corrected chi connectivity index (χ2v) is 9.47. The van der Waals surface area contributed by atoms with Gasteiger partial charge in [-0.2, -0.15) is 0 Å². The van der Waals surface area contributed by atoms with E-state index in [1.54, 1.807) is 9.80 Å². The summed E-state index contributed by atoms with van der Waals surface area (Å²) in [5.74, 6) is -3.49. The molecular formula is C25H29F3N4O2. The average molecular weight is 475 g/mol. The van der Waals surface area contributed by atoms with Crippen molar-refractivity contribution < 1.29 is 22.8 Å². The number of piperazine rings is 1. The first-order chi connectivity index (χ1) is 16.0. The fraction of sp³-hybridized carbons (Fsp3) is 0.440. The van der Waals surface area contributed by atoms with E-state index in [1.165, 1.54) is 0 Å². The molecule has 2 aliphatic rings. The maximum absolute atomic E-state index is 13.9. The van der Waals surface area contributed by atoms with Crippen molar-refractivity contribution in [1.82, 2.24) is 9.80 Å². The van der Waals surface area contributed by atoms with Gasteiger partial charge < -0.3 is 20.9 Å². The van der Waals surface area contributed by atoms with Crippen molar-refractivity contribution >= 4 is 17.6 Å². The van der Waals surface area contributed by atoms with Gasteiger partial charge in [0.25, 0.3) is 0 Å². The third-order valence-corrected chi connectivity index (χ3v) is 6.74. The van der Waals surface area contributed by atoms with Crippen molar-refractivity contribution in [2.45, 2.75) is 58.2 Å². The van der Waals surface area contributed by atoms with E-state index in [0.29, 0.717) is 25.6 Å². The van der Waals surface area contributed by atoms with E-state index in [-0.39, 0.29) is 42.4 Å². The van der Waals surface area contributed by atoms with Crippen LogP contribution in [0.1, 0.15) is 35.1 Å². The Kier molecular flexibility index (Phi) is 6.58. The maximum atomic E-state index is 13.9. The number of carbonyl (C=O) groups is 2. The molecule has 0 spiro atoms. The minimum Gasteiger partial charge on any atom is -0.336 e. The van der Waals surface area contributed by atoms with Gasteiger partial charge in [-0.05, 0) is 56.4 Å². The molecule has 0 aliphatic carbocycles. The quantitative estimate of drug-likeness (QED) is 0.647. The lowest BCUT2D eigenvalue weighted by atomic mass is 10.0. The van der Waals surface area contributed by atoms with E-state index in [0.717, 1.165) is 28.4 Å². The first-order valence-electron chi connectivity index (χ1n) is 11.4.